The second kappa shape index (κ2) is 8.38. The van der Waals surface area contributed by atoms with Crippen LogP contribution in [0.4, 0.5) is 0 Å². The van der Waals surface area contributed by atoms with Crippen LogP contribution in [0.5, 0.6) is 11.5 Å². The number of aryl methyl sites for hydroxylation is 1. The number of benzene rings is 3. The van der Waals surface area contributed by atoms with Gasteiger partial charge in [-0.15, -0.1) is 0 Å². The van der Waals surface area contributed by atoms with Crippen molar-refractivity contribution < 1.29 is 24.2 Å². The van der Waals surface area contributed by atoms with Crippen molar-refractivity contribution in [3.05, 3.63) is 71.8 Å². The number of Topliss-reactive ketones (excluding diaryl/α,β-unsaturated/α-hetero) is 1. The molecule has 0 aliphatic heterocycles. The van der Waals surface area contributed by atoms with Crippen molar-refractivity contribution in [3.63, 3.8) is 0 Å². The highest BCUT2D eigenvalue weighted by molar-refractivity contribution is 6.08. The number of rotatable bonds is 8. The third kappa shape index (κ3) is 3.80. The molecule has 162 valence electrons. The maximum absolute atomic E-state index is 11.7. The van der Waals surface area contributed by atoms with Crippen LogP contribution < -0.4 is 9.47 Å². The van der Waals surface area contributed by atoms with Crippen molar-refractivity contribution in [2.24, 2.45) is 0 Å². The topological polar surface area (TPSA) is 77.8 Å². The number of carboxylic acid groups (broad SMARTS) is 1. The van der Waals surface area contributed by atoms with Gasteiger partial charge >= 0.3 is 5.97 Å². The summed E-state index contributed by atoms with van der Waals surface area (Å²) in [4.78, 5) is 23.1. The van der Waals surface area contributed by atoms with Gasteiger partial charge in [-0.25, -0.2) is 0 Å². The summed E-state index contributed by atoms with van der Waals surface area (Å²) in [5, 5.41) is 11.4. The minimum Gasteiger partial charge on any atom is -0.493 e. The molecule has 1 aromatic heterocycles. The number of hydrogen-bond donors (Lipinski definition) is 1. The first-order valence-corrected chi connectivity index (χ1v) is 10.7. The number of fused-ring (bicyclic) bond motifs is 4. The predicted molar refractivity (Wildman–Crippen MR) is 122 cm³/mol. The Morgan fingerprint density at radius 3 is 2.41 bits per heavy atom. The van der Waals surface area contributed by atoms with E-state index in [9.17, 15) is 14.7 Å². The highest BCUT2D eigenvalue weighted by Gasteiger charge is 2.19. The molecule has 0 bridgehead atoms. The van der Waals surface area contributed by atoms with Gasteiger partial charge in [0.1, 0.15) is 18.0 Å². The number of ether oxygens (including phenoxy) is 2. The Hall–Kier alpha value is -3.80. The zero-order chi connectivity index (χ0) is 22.1. The summed E-state index contributed by atoms with van der Waals surface area (Å²) in [6.07, 6.45) is 2.07. The van der Waals surface area contributed by atoms with Crippen LogP contribution in [0.3, 0.4) is 0 Å². The summed E-state index contributed by atoms with van der Waals surface area (Å²) in [5.74, 6) is 0.799. The maximum atomic E-state index is 11.7. The second-order valence-corrected chi connectivity index (χ2v) is 7.97. The van der Waals surface area contributed by atoms with Crippen molar-refractivity contribution in [1.82, 2.24) is 4.57 Å². The van der Waals surface area contributed by atoms with Gasteiger partial charge in [-0.3, -0.25) is 9.59 Å². The molecular formula is C26H23NO5. The predicted octanol–water partition coefficient (Wildman–Crippen LogP) is 4.86. The Morgan fingerprint density at radius 2 is 1.59 bits per heavy atom. The zero-order valence-electron chi connectivity index (χ0n) is 17.5. The van der Waals surface area contributed by atoms with Crippen LogP contribution in [-0.4, -0.2) is 34.6 Å². The van der Waals surface area contributed by atoms with Crippen molar-refractivity contribution in [3.8, 4) is 11.5 Å². The molecule has 0 amide bonds. The van der Waals surface area contributed by atoms with Crippen LogP contribution in [0.15, 0.2) is 60.7 Å². The quantitative estimate of drug-likeness (QED) is 0.405. The van der Waals surface area contributed by atoms with Gasteiger partial charge in [0.05, 0.1) is 18.7 Å². The fraction of sp³-hybridized carbons (Fsp3) is 0.231. The average Bonchev–Trinajstić information content (AvgIpc) is 3.31. The lowest BCUT2D eigenvalue weighted by atomic mass is 10.1. The Balaban J connectivity index is 1.23. The summed E-state index contributed by atoms with van der Waals surface area (Å²) >= 11 is 0. The van der Waals surface area contributed by atoms with Gasteiger partial charge in [0, 0.05) is 40.8 Å². The van der Waals surface area contributed by atoms with Gasteiger partial charge in [0.2, 0.25) is 0 Å². The third-order valence-corrected chi connectivity index (χ3v) is 5.86. The van der Waals surface area contributed by atoms with Crippen LogP contribution >= 0.6 is 0 Å². The number of carboxylic acids is 1. The Morgan fingerprint density at radius 1 is 0.875 bits per heavy atom. The SMILES string of the molecule is O=C(O)Cn1c2ccccc2c2ccc(OCCCOc3ccc4c(c3)CCC4=O)cc21. The number of nitrogens with zero attached hydrogens (tertiary/aromatic N) is 1. The van der Waals surface area contributed by atoms with Crippen molar-refractivity contribution >= 4 is 33.6 Å². The first-order chi connectivity index (χ1) is 15.6. The molecule has 0 saturated heterocycles. The van der Waals surface area contributed by atoms with Gasteiger partial charge in [-0.1, -0.05) is 18.2 Å². The number of carbonyl (C=O) groups is 2. The highest BCUT2D eigenvalue weighted by atomic mass is 16.5. The summed E-state index contributed by atoms with van der Waals surface area (Å²) in [6.45, 7) is 0.885. The monoisotopic (exact) mass is 429 g/mol. The van der Waals surface area contributed by atoms with Crippen LogP contribution in [0, 0.1) is 0 Å². The number of carbonyl (C=O) groups excluding carboxylic acids is 1. The first kappa shape index (κ1) is 20.1. The molecule has 0 atom stereocenters. The highest BCUT2D eigenvalue weighted by Crippen LogP contribution is 2.31. The zero-order valence-corrected chi connectivity index (χ0v) is 17.5. The minimum atomic E-state index is -0.882. The molecule has 0 fully saturated rings. The van der Waals surface area contributed by atoms with Gasteiger partial charge in [0.15, 0.2) is 5.78 Å². The number of aliphatic carboxylic acids is 1. The Kier molecular flexibility index (Phi) is 5.27. The van der Waals surface area contributed by atoms with Gasteiger partial charge < -0.3 is 19.1 Å². The molecule has 1 N–H and O–H groups in total. The summed E-state index contributed by atoms with van der Waals surface area (Å²) in [6, 6.07) is 19.2. The molecule has 0 unspecified atom stereocenters. The van der Waals surface area contributed by atoms with Gasteiger partial charge in [-0.2, -0.15) is 0 Å². The summed E-state index contributed by atoms with van der Waals surface area (Å²) < 4.78 is 13.5. The van der Waals surface area contributed by atoms with E-state index >= 15 is 0 Å². The van der Waals surface area contributed by atoms with E-state index in [0.29, 0.717) is 31.8 Å². The molecule has 0 spiro atoms. The van der Waals surface area contributed by atoms with Gasteiger partial charge in [-0.05, 0) is 48.4 Å². The summed E-state index contributed by atoms with van der Waals surface area (Å²) in [7, 11) is 0. The maximum Gasteiger partial charge on any atom is 0.323 e. The third-order valence-electron chi connectivity index (χ3n) is 5.86. The Labute approximate surface area is 185 Å². The molecule has 1 heterocycles. The standard InChI is InChI=1S/C26H23NO5/c28-25-11-6-17-14-18(7-9-20(17)25)31-12-3-13-32-19-8-10-22-21-4-1-2-5-23(21)27(16-26(29)30)24(22)15-19/h1-2,4-5,7-10,14-15H,3,6,11-13,16H2,(H,29,30). The molecule has 5 rings (SSSR count). The fourth-order valence-corrected chi connectivity index (χ4v) is 4.39. The van der Waals surface area contributed by atoms with Crippen LogP contribution in [0.25, 0.3) is 21.8 Å². The molecule has 32 heavy (non-hydrogen) atoms. The molecular weight excluding hydrogens is 406 g/mol. The van der Waals surface area contributed by atoms with E-state index in [1.54, 1.807) is 0 Å². The largest absolute Gasteiger partial charge is 0.493 e. The second-order valence-electron chi connectivity index (χ2n) is 7.97. The van der Waals surface area contributed by atoms with E-state index in [4.69, 9.17) is 9.47 Å². The van der Waals surface area contributed by atoms with E-state index in [1.165, 1.54) is 0 Å². The normalized spacial score (nSPS) is 12.9. The lowest BCUT2D eigenvalue weighted by Crippen LogP contribution is -2.08. The van der Waals surface area contributed by atoms with Gasteiger partial charge in [0.25, 0.3) is 0 Å². The fourth-order valence-electron chi connectivity index (χ4n) is 4.39. The average molecular weight is 429 g/mol. The smallest absolute Gasteiger partial charge is 0.323 e. The van der Waals surface area contributed by atoms with E-state index in [1.807, 2.05) is 65.2 Å². The molecule has 1 aliphatic carbocycles. The molecule has 1 aliphatic rings. The molecule has 3 aromatic carbocycles. The molecule has 4 aromatic rings. The van der Waals surface area contributed by atoms with Crippen molar-refractivity contribution in [1.29, 1.82) is 0 Å². The summed E-state index contributed by atoms with van der Waals surface area (Å²) in [5.41, 5.74) is 3.62. The number of hydrogen-bond acceptors (Lipinski definition) is 4. The molecule has 6 heteroatoms. The number of para-hydroxylation sites is 1. The van der Waals surface area contributed by atoms with Crippen molar-refractivity contribution in [2.75, 3.05) is 13.2 Å². The van der Waals surface area contributed by atoms with Crippen LogP contribution in [0.1, 0.15) is 28.8 Å². The molecule has 0 radical (unpaired) electrons. The van der Waals surface area contributed by atoms with E-state index in [2.05, 4.69) is 0 Å². The first-order valence-electron chi connectivity index (χ1n) is 10.7. The van der Waals surface area contributed by atoms with Crippen LogP contribution in [0.2, 0.25) is 0 Å². The van der Waals surface area contributed by atoms with E-state index in [0.717, 1.165) is 45.1 Å². The molecule has 6 nitrogen and oxygen atoms in total. The minimum absolute atomic E-state index is 0.103. The number of ketones is 1. The van der Waals surface area contributed by atoms with Crippen LogP contribution in [-0.2, 0) is 17.8 Å². The molecule has 0 saturated carbocycles. The van der Waals surface area contributed by atoms with E-state index < -0.39 is 5.97 Å². The number of aromatic nitrogens is 1. The lowest BCUT2D eigenvalue weighted by molar-refractivity contribution is -0.137. The van der Waals surface area contributed by atoms with E-state index in [-0.39, 0.29) is 12.3 Å². The lowest BCUT2D eigenvalue weighted by Gasteiger charge is -2.10. The van der Waals surface area contributed by atoms with Crippen molar-refractivity contribution in [2.45, 2.75) is 25.8 Å². The Bertz CT molecular complexity index is 1340.